The molecule has 1 aromatic rings. The van der Waals surface area contributed by atoms with Crippen LogP contribution < -0.4 is 16.4 Å². The summed E-state index contributed by atoms with van der Waals surface area (Å²) in [4.78, 5) is 22.8. The Hall–Kier alpha value is -2.77. The number of carbonyl (C=O) groups is 2. The molecule has 0 bridgehead atoms. The number of halogens is 3. The maximum absolute atomic E-state index is 12.6. The highest BCUT2D eigenvalue weighted by atomic mass is 19.4. The average Bonchev–Trinajstić information content (AvgIpc) is 2.47. The van der Waals surface area contributed by atoms with Crippen molar-refractivity contribution in [2.24, 2.45) is 0 Å². The fourth-order valence-corrected chi connectivity index (χ4v) is 1.74. The number of amides is 2. The average molecular weight is 341 g/mol. The minimum Gasteiger partial charge on any atom is -0.397 e. The van der Waals surface area contributed by atoms with Gasteiger partial charge < -0.3 is 16.4 Å². The number of rotatable bonds is 5. The number of allylic oxidation sites excluding steroid dienone is 1. The second kappa shape index (κ2) is 8.19. The maximum atomic E-state index is 12.6. The molecule has 4 N–H and O–H groups in total. The minimum absolute atomic E-state index is 0.0858. The van der Waals surface area contributed by atoms with Gasteiger partial charge in [-0.1, -0.05) is 18.2 Å². The third-order valence-electron chi connectivity index (χ3n) is 2.97. The lowest BCUT2D eigenvalue weighted by Crippen LogP contribution is -2.19. The van der Waals surface area contributed by atoms with E-state index in [0.29, 0.717) is 0 Å². The van der Waals surface area contributed by atoms with Gasteiger partial charge in [-0.2, -0.15) is 13.2 Å². The summed E-state index contributed by atoms with van der Waals surface area (Å²) in [5.74, 6) is -0.730. The Morgan fingerprint density at radius 1 is 1.29 bits per heavy atom. The van der Waals surface area contributed by atoms with Gasteiger partial charge in [-0.05, 0) is 25.1 Å². The zero-order valence-corrected chi connectivity index (χ0v) is 13.2. The van der Waals surface area contributed by atoms with Gasteiger partial charge in [0.1, 0.15) is 0 Å². The lowest BCUT2D eigenvalue weighted by molar-refractivity contribution is -0.137. The molecule has 0 heterocycles. The summed E-state index contributed by atoms with van der Waals surface area (Å²) >= 11 is 0. The van der Waals surface area contributed by atoms with Crippen molar-refractivity contribution in [3.05, 3.63) is 47.6 Å². The number of hydrogen-bond donors (Lipinski definition) is 3. The van der Waals surface area contributed by atoms with Gasteiger partial charge in [0.2, 0.25) is 5.91 Å². The second-order valence-electron chi connectivity index (χ2n) is 4.84. The van der Waals surface area contributed by atoms with Gasteiger partial charge in [0.15, 0.2) is 0 Å². The van der Waals surface area contributed by atoms with Crippen molar-refractivity contribution in [1.29, 1.82) is 0 Å². The van der Waals surface area contributed by atoms with E-state index in [1.807, 2.05) is 0 Å². The smallest absolute Gasteiger partial charge is 0.397 e. The molecule has 130 valence electrons. The molecule has 0 atom stereocenters. The van der Waals surface area contributed by atoms with Gasteiger partial charge >= 0.3 is 6.18 Å². The number of carbonyl (C=O) groups excluding carboxylic acids is 2. The zero-order chi connectivity index (χ0) is 18.3. The molecular weight excluding hydrogens is 323 g/mol. The Morgan fingerprint density at radius 3 is 2.46 bits per heavy atom. The van der Waals surface area contributed by atoms with Gasteiger partial charge in [-0.25, -0.2) is 0 Å². The van der Waals surface area contributed by atoms with Crippen LogP contribution in [0.15, 0.2) is 42.0 Å². The molecule has 0 unspecified atom stereocenters. The summed E-state index contributed by atoms with van der Waals surface area (Å²) in [7, 11) is 0. The molecule has 0 fully saturated rings. The number of hydrogen-bond acceptors (Lipinski definition) is 3. The predicted molar refractivity (Wildman–Crippen MR) is 86.1 cm³/mol. The summed E-state index contributed by atoms with van der Waals surface area (Å²) in [5, 5.41) is 4.98. The first-order valence-electron chi connectivity index (χ1n) is 7.00. The van der Waals surface area contributed by atoms with E-state index in [0.717, 1.165) is 18.2 Å². The van der Waals surface area contributed by atoms with Crippen LogP contribution in [0.2, 0.25) is 0 Å². The second-order valence-corrected chi connectivity index (χ2v) is 4.84. The normalized spacial score (nSPS) is 12.3. The highest BCUT2D eigenvalue weighted by Gasteiger charge is 2.30. The minimum atomic E-state index is -4.50. The molecule has 0 aromatic heterocycles. The number of benzene rings is 1. The van der Waals surface area contributed by atoms with Crippen molar-refractivity contribution in [2.75, 3.05) is 17.6 Å². The van der Waals surface area contributed by atoms with Gasteiger partial charge in [-0.3, -0.25) is 9.59 Å². The Morgan fingerprint density at radius 2 is 1.96 bits per heavy atom. The topological polar surface area (TPSA) is 84.2 Å². The van der Waals surface area contributed by atoms with E-state index in [1.165, 1.54) is 19.1 Å². The molecule has 8 heteroatoms. The molecule has 0 saturated heterocycles. The molecule has 0 aliphatic rings. The van der Waals surface area contributed by atoms with Crippen molar-refractivity contribution < 1.29 is 22.8 Å². The Balaban J connectivity index is 2.81. The number of nitrogen functional groups attached to an aromatic ring is 1. The lowest BCUT2D eigenvalue weighted by atomic mass is 10.1. The largest absolute Gasteiger partial charge is 0.416 e. The third-order valence-corrected chi connectivity index (χ3v) is 2.97. The van der Waals surface area contributed by atoms with E-state index in [4.69, 9.17) is 5.73 Å². The summed E-state index contributed by atoms with van der Waals surface area (Å²) < 4.78 is 37.8. The third kappa shape index (κ3) is 5.79. The van der Waals surface area contributed by atoms with E-state index in [2.05, 4.69) is 10.6 Å². The highest BCUT2D eigenvalue weighted by Crippen LogP contribution is 2.32. The first-order valence-corrected chi connectivity index (χ1v) is 7.00. The van der Waals surface area contributed by atoms with Crippen LogP contribution in [0.4, 0.5) is 24.5 Å². The molecule has 0 aliphatic carbocycles. The molecule has 24 heavy (non-hydrogen) atoms. The van der Waals surface area contributed by atoms with Gasteiger partial charge in [0.25, 0.3) is 5.91 Å². The maximum Gasteiger partial charge on any atom is 0.416 e. The van der Waals surface area contributed by atoms with Crippen LogP contribution in [-0.2, 0) is 15.8 Å². The number of anilines is 2. The molecule has 0 saturated carbocycles. The molecule has 0 spiro atoms. The molecule has 2 amide bonds. The fourth-order valence-electron chi connectivity index (χ4n) is 1.74. The first-order chi connectivity index (χ1) is 11.1. The summed E-state index contributed by atoms with van der Waals surface area (Å²) in [5.41, 5.74) is 4.85. The van der Waals surface area contributed by atoms with Crippen molar-refractivity contribution in [1.82, 2.24) is 5.32 Å². The highest BCUT2D eigenvalue weighted by molar-refractivity contribution is 6.07. The van der Waals surface area contributed by atoms with Gasteiger partial charge in [-0.15, -0.1) is 0 Å². The summed E-state index contributed by atoms with van der Waals surface area (Å²) in [6.07, 6.45) is 0.0927. The van der Waals surface area contributed by atoms with Gasteiger partial charge in [0, 0.05) is 19.0 Å². The first kappa shape index (κ1) is 19.3. The number of alkyl halides is 3. The van der Waals surface area contributed by atoms with E-state index >= 15 is 0 Å². The molecule has 5 nitrogen and oxygen atoms in total. The summed E-state index contributed by atoms with van der Waals surface area (Å²) in [6.45, 7) is 3.25. The van der Waals surface area contributed by atoms with E-state index in [-0.39, 0.29) is 29.4 Å². The summed E-state index contributed by atoms with van der Waals surface area (Å²) in [6, 6.07) is 2.70. The SMILES string of the molecule is C/C=C(\C=C/CNC(C)=O)C(=O)Nc1ccc(C(F)(F)F)cc1N. The Labute approximate surface area is 137 Å². The molecule has 1 rings (SSSR count). The van der Waals surface area contributed by atoms with Crippen LogP contribution in [0, 0.1) is 0 Å². The quantitative estimate of drug-likeness (QED) is 0.437. The molecule has 1 aromatic carbocycles. The molecule has 0 aliphatic heterocycles. The van der Waals surface area contributed by atoms with Crippen LogP contribution in [0.3, 0.4) is 0 Å². The van der Waals surface area contributed by atoms with Crippen LogP contribution in [-0.4, -0.2) is 18.4 Å². The van der Waals surface area contributed by atoms with E-state index in [1.54, 1.807) is 13.0 Å². The van der Waals surface area contributed by atoms with Crippen molar-refractivity contribution >= 4 is 23.2 Å². The number of nitrogens with one attached hydrogen (secondary N) is 2. The predicted octanol–water partition coefficient (Wildman–Crippen LogP) is 2.86. The van der Waals surface area contributed by atoms with Crippen molar-refractivity contribution in [3.63, 3.8) is 0 Å². The number of nitrogens with two attached hydrogens (primary N) is 1. The standard InChI is InChI=1S/C16H18F3N3O2/c1-3-11(5-4-8-21-10(2)23)15(24)22-14-7-6-12(9-13(14)20)16(17,18)19/h3-7,9H,8,20H2,1-2H3,(H,21,23)(H,22,24)/b5-4-,11-3+. The van der Waals surface area contributed by atoms with Crippen molar-refractivity contribution in [3.8, 4) is 0 Å². The Bertz CT molecular complexity index is 680. The lowest BCUT2D eigenvalue weighted by Gasteiger charge is -2.12. The van der Waals surface area contributed by atoms with Crippen molar-refractivity contribution in [2.45, 2.75) is 20.0 Å². The van der Waals surface area contributed by atoms with Crippen LogP contribution in [0.25, 0.3) is 0 Å². The monoisotopic (exact) mass is 341 g/mol. The van der Waals surface area contributed by atoms with E-state index in [9.17, 15) is 22.8 Å². The van der Waals surface area contributed by atoms with Gasteiger partial charge in [0.05, 0.1) is 16.9 Å². The van der Waals surface area contributed by atoms with Crippen LogP contribution in [0.1, 0.15) is 19.4 Å². The van der Waals surface area contributed by atoms with Crippen LogP contribution >= 0.6 is 0 Å². The zero-order valence-electron chi connectivity index (χ0n) is 13.2. The Kier molecular flexibility index (Phi) is 6.58. The molecular formula is C16H18F3N3O2. The fraction of sp³-hybridized carbons (Fsp3) is 0.250. The molecule has 0 radical (unpaired) electrons. The van der Waals surface area contributed by atoms with E-state index < -0.39 is 17.6 Å². The van der Waals surface area contributed by atoms with Crippen LogP contribution in [0.5, 0.6) is 0 Å².